The minimum atomic E-state index is -0.124. The first-order valence-electron chi connectivity index (χ1n) is 9.18. The van der Waals surface area contributed by atoms with Crippen molar-refractivity contribution in [3.63, 3.8) is 0 Å². The Bertz CT molecular complexity index is 962. The fraction of sp³-hybridized carbons (Fsp3) is 0.208. The van der Waals surface area contributed by atoms with Crippen LogP contribution in [-0.2, 0) is 4.79 Å². The molecule has 0 spiro atoms. The molecule has 1 aliphatic carbocycles. The summed E-state index contributed by atoms with van der Waals surface area (Å²) < 4.78 is 5.88. The third-order valence-electron chi connectivity index (χ3n) is 5.04. The SMILES string of the molecule is Cc1ccc(-c2cccc3cccc(OC(=O)C4CC=CCC4)c23)cc1. The maximum atomic E-state index is 12.6. The van der Waals surface area contributed by atoms with Gasteiger partial charge in [0.05, 0.1) is 5.92 Å². The summed E-state index contributed by atoms with van der Waals surface area (Å²) in [5, 5.41) is 2.08. The van der Waals surface area contributed by atoms with Gasteiger partial charge < -0.3 is 4.74 Å². The highest BCUT2D eigenvalue weighted by molar-refractivity contribution is 6.02. The summed E-state index contributed by atoms with van der Waals surface area (Å²) in [4.78, 5) is 12.6. The molecule has 0 aliphatic heterocycles. The van der Waals surface area contributed by atoms with Crippen LogP contribution >= 0.6 is 0 Å². The molecule has 26 heavy (non-hydrogen) atoms. The van der Waals surface area contributed by atoms with Gasteiger partial charge in [0.1, 0.15) is 5.75 Å². The van der Waals surface area contributed by atoms with E-state index in [0.29, 0.717) is 5.75 Å². The van der Waals surface area contributed by atoms with Crippen LogP contribution in [0.25, 0.3) is 21.9 Å². The highest BCUT2D eigenvalue weighted by Gasteiger charge is 2.22. The van der Waals surface area contributed by atoms with Crippen LogP contribution in [0.4, 0.5) is 0 Å². The molecule has 2 nitrogen and oxygen atoms in total. The van der Waals surface area contributed by atoms with Gasteiger partial charge in [-0.3, -0.25) is 4.79 Å². The standard InChI is InChI=1S/C24H22O2/c1-17-13-15-18(16-14-17)21-11-5-9-19-10-6-12-22(23(19)21)26-24(25)20-7-3-2-4-8-20/h2-3,5-6,9-16,20H,4,7-8H2,1H3. The van der Waals surface area contributed by atoms with E-state index in [9.17, 15) is 4.79 Å². The zero-order valence-corrected chi connectivity index (χ0v) is 14.9. The van der Waals surface area contributed by atoms with Gasteiger partial charge in [0.15, 0.2) is 0 Å². The van der Waals surface area contributed by atoms with Gasteiger partial charge in [-0.15, -0.1) is 0 Å². The van der Waals surface area contributed by atoms with E-state index < -0.39 is 0 Å². The number of esters is 1. The molecule has 2 heteroatoms. The predicted octanol–water partition coefficient (Wildman–Crippen LogP) is 6.08. The average molecular weight is 342 g/mol. The molecule has 0 heterocycles. The van der Waals surface area contributed by atoms with Crippen LogP contribution in [0.15, 0.2) is 72.8 Å². The second kappa shape index (κ2) is 7.17. The first kappa shape index (κ1) is 16.6. The van der Waals surface area contributed by atoms with Crippen LogP contribution in [0.5, 0.6) is 5.75 Å². The summed E-state index contributed by atoms with van der Waals surface area (Å²) in [6, 6.07) is 20.6. The highest BCUT2D eigenvalue weighted by Crippen LogP contribution is 2.36. The fourth-order valence-electron chi connectivity index (χ4n) is 3.56. The van der Waals surface area contributed by atoms with Gasteiger partial charge in [-0.1, -0.05) is 72.3 Å². The number of hydrogen-bond acceptors (Lipinski definition) is 2. The lowest BCUT2D eigenvalue weighted by Gasteiger charge is -2.18. The molecule has 3 aromatic carbocycles. The Kier molecular flexibility index (Phi) is 4.57. The van der Waals surface area contributed by atoms with E-state index in [1.165, 1.54) is 5.56 Å². The topological polar surface area (TPSA) is 26.3 Å². The normalized spacial score (nSPS) is 16.6. The number of hydrogen-bond donors (Lipinski definition) is 0. The summed E-state index contributed by atoms with van der Waals surface area (Å²) in [6.07, 6.45) is 6.80. The van der Waals surface area contributed by atoms with E-state index in [1.807, 2.05) is 12.1 Å². The summed E-state index contributed by atoms with van der Waals surface area (Å²) >= 11 is 0. The van der Waals surface area contributed by atoms with Gasteiger partial charge in [0.25, 0.3) is 0 Å². The van der Waals surface area contributed by atoms with Crippen molar-refractivity contribution >= 4 is 16.7 Å². The van der Waals surface area contributed by atoms with E-state index in [1.54, 1.807) is 0 Å². The molecule has 0 saturated carbocycles. The minimum Gasteiger partial charge on any atom is -0.426 e. The Balaban J connectivity index is 1.76. The van der Waals surface area contributed by atoms with E-state index >= 15 is 0 Å². The molecule has 1 atom stereocenters. The third kappa shape index (κ3) is 3.28. The van der Waals surface area contributed by atoms with Crippen molar-refractivity contribution < 1.29 is 9.53 Å². The molecule has 0 aromatic heterocycles. The van der Waals surface area contributed by atoms with Crippen molar-refractivity contribution in [1.29, 1.82) is 0 Å². The second-order valence-corrected chi connectivity index (χ2v) is 6.93. The van der Waals surface area contributed by atoms with Crippen LogP contribution < -0.4 is 4.74 Å². The number of rotatable bonds is 3. The van der Waals surface area contributed by atoms with Gasteiger partial charge in [0, 0.05) is 5.39 Å². The molecule has 0 N–H and O–H groups in total. The van der Waals surface area contributed by atoms with Crippen LogP contribution in [0.2, 0.25) is 0 Å². The number of benzene rings is 3. The minimum absolute atomic E-state index is 0.0400. The number of carbonyl (C=O) groups excluding carboxylic acids is 1. The molecule has 0 bridgehead atoms. The van der Waals surface area contributed by atoms with Gasteiger partial charge in [0.2, 0.25) is 0 Å². The predicted molar refractivity (Wildman–Crippen MR) is 106 cm³/mol. The van der Waals surface area contributed by atoms with Gasteiger partial charge in [-0.25, -0.2) is 0 Å². The summed E-state index contributed by atoms with van der Waals surface area (Å²) in [6.45, 7) is 2.08. The molecule has 0 saturated heterocycles. The smallest absolute Gasteiger partial charge is 0.314 e. The van der Waals surface area contributed by atoms with Crippen LogP contribution in [0, 0.1) is 12.8 Å². The fourth-order valence-corrected chi connectivity index (χ4v) is 3.56. The summed E-state index contributed by atoms with van der Waals surface area (Å²) in [5.74, 6) is 0.487. The number of ether oxygens (including phenoxy) is 1. The van der Waals surface area contributed by atoms with Crippen molar-refractivity contribution in [2.24, 2.45) is 5.92 Å². The molecule has 0 radical (unpaired) electrons. The Morgan fingerprint density at radius 3 is 2.46 bits per heavy atom. The van der Waals surface area contributed by atoms with Crippen LogP contribution in [-0.4, -0.2) is 5.97 Å². The Hall–Kier alpha value is -2.87. The van der Waals surface area contributed by atoms with Crippen LogP contribution in [0.1, 0.15) is 24.8 Å². The zero-order chi connectivity index (χ0) is 17.9. The molecule has 0 amide bonds. The third-order valence-corrected chi connectivity index (χ3v) is 5.04. The van der Waals surface area contributed by atoms with Crippen LogP contribution in [0.3, 0.4) is 0 Å². The Morgan fingerprint density at radius 2 is 1.73 bits per heavy atom. The lowest BCUT2D eigenvalue weighted by molar-refractivity contribution is -0.139. The maximum Gasteiger partial charge on any atom is 0.314 e. The number of allylic oxidation sites excluding steroid dienone is 2. The van der Waals surface area contributed by atoms with E-state index in [0.717, 1.165) is 41.2 Å². The summed E-state index contributed by atoms with van der Waals surface area (Å²) in [7, 11) is 0. The van der Waals surface area contributed by atoms with Crippen molar-refractivity contribution in [2.75, 3.05) is 0 Å². The molecule has 0 fully saturated rings. The largest absolute Gasteiger partial charge is 0.426 e. The Morgan fingerprint density at radius 1 is 0.962 bits per heavy atom. The lowest BCUT2D eigenvalue weighted by atomic mass is 9.94. The molecule has 3 aromatic rings. The molecule has 130 valence electrons. The quantitative estimate of drug-likeness (QED) is 0.328. The second-order valence-electron chi connectivity index (χ2n) is 6.93. The van der Waals surface area contributed by atoms with Gasteiger partial charge >= 0.3 is 5.97 Å². The van der Waals surface area contributed by atoms with E-state index in [-0.39, 0.29) is 11.9 Å². The monoisotopic (exact) mass is 342 g/mol. The van der Waals surface area contributed by atoms with Gasteiger partial charge in [-0.05, 0) is 48.8 Å². The number of aryl methyl sites for hydroxylation is 1. The van der Waals surface area contributed by atoms with Crippen molar-refractivity contribution in [3.05, 3.63) is 78.4 Å². The van der Waals surface area contributed by atoms with Crippen molar-refractivity contribution in [3.8, 4) is 16.9 Å². The number of carbonyl (C=O) groups is 1. The molecular formula is C24H22O2. The highest BCUT2D eigenvalue weighted by atomic mass is 16.5. The number of fused-ring (bicyclic) bond motifs is 1. The zero-order valence-electron chi connectivity index (χ0n) is 14.9. The first-order chi connectivity index (χ1) is 12.7. The average Bonchev–Trinajstić information content (AvgIpc) is 2.69. The van der Waals surface area contributed by atoms with Crippen molar-refractivity contribution in [1.82, 2.24) is 0 Å². The van der Waals surface area contributed by atoms with E-state index in [4.69, 9.17) is 4.74 Å². The molecule has 4 rings (SSSR count). The Labute approximate surface area is 154 Å². The van der Waals surface area contributed by atoms with Gasteiger partial charge in [-0.2, -0.15) is 0 Å². The lowest BCUT2D eigenvalue weighted by Crippen LogP contribution is -2.21. The molecule has 1 aliphatic rings. The molecular weight excluding hydrogens is 320 g/mol. The molecule has 1 unspecified atom stereocenters. The summed E-state index contributed by atoms with van der Waals surface area (Å²) in [5.41, 5.74) is 3.45. The van der Waals surface area contributed by atoms with E-state index in [2.05, 4.69) is 67.6 Å². The maximum absolute atomic E-state index is 12.6. The van der Waals surface area contributed by atoms with Crippen molar-refractivity contribution in [2.45, 2.75) is 26.2 Å². The first-order valence-corrected chi connectivity index (χ1v) is 9.18.